The minimum atomic E-state index is 0.345. The number of rotatable bonds is 4. The standard InChI is InChI=1S/C24H23ClN4O/c1-16-3-2-4-20(13-16)29-14-21(17-5-7-18(25)8-6-17)22-23(26-15-27-24(22)29)28-19-9-11-30-12-10-19/h2-8,13-15,19H,9-12H2,1H3,(H,26,27,28). The van der Waals surface area contributed by atoms with Crippen molar-refractivity contribution in [1.29, 1.82) is 0 Å². The summed E-state index contributed by atoms with van der Waals surface area (Å²) in [6.45, 7) is 3.66. The molecule has 2 aromatic heterocycles. The maximum Gasteiger partial charge on any atom is 0.150 e. The number of ether oxygens (including phenoxy) is 1. The van der Waals surface area contributed by atoms with Gasteiger partial charge in [-0.25, -0.2) is 9.97 Å². The van der Waals surface area contributed by atoms with Crippen molar-refractivity contribution in [2.75, 3.05) is 18.5 Å². The van der Waals surface area contributed by atoms with Gasteiger partial charge in [0, 0.05) is 41.7 Å². The zero-order chi connectivity index (χ0) is 20.5. The van der Waals surface area contributed by atoms with Gasteiger partial charge >= 0.3 is 0 Å². The molecule has 30 heavy (non-hydrogen) atoms. The molecular weight excluding hydrogens is 396 g/mol. The Balaban J connectivity index is 1.70. The van der Waals surface area contributed by atoms with Gasteiger partial charge in [0.15, 0.2) is 5.65 Å². The lowest BCUT2D eigenvalue weighted by Crippen LogP contribution is -2.28. The average Bonchev–Trinajstić information content (AvgIpc) is 3.16. The topological polar surface area (TPSA) is 52.0 Å². The summed E-state index contributed by atoms with van der Waals surface area (Å²) in [6.07, 6.45) is 5.73. The Morgan fingerprint density at radius 3 is 2.63 bits per heavy atom. The molecule has 5 rings (SSSR count). The van der Waals surface area contributed by atoms with E-state index in [-0.39, 0.29) is 0 Å². The minimum Gasteiger partial charge on any atom is -0.381 e. The first-order valence-electron chi connectivity index (χ1n) is 10.2. The van der Waals surface area contributed by atoms with Crippen molar-refractivity contribution in [3.63, 3.8) is 0 Å². The molecular formula is C24H23ClN4O. The van der Waals surface area contributed by atoms with Crippen molar-refractivity contribution in [2.24, 2.45) is 0 Å². The van der Waals surface area contributed by atoms with Gasteiger partial charge in [-0.15, -0.1) is 0 Å². The van der Waals surface area contributed by atoms with E-state index >= 15 is 0 Å². The number of anilines is 1. The lowest BCUT2D eigenvalue weighted by molar-refractivity contribution is 0.0904. The molecule has 0 unspecified atom stereocenters. The summed E-state index contributed by atoms with van der Waals surface area (Å²) >= 11 is 6.14. The zero-order valence-corrected chi connectivity index (χ0v) is 17.6. The fourth-order valence-corrected chi connectivity index (χ4v) is 4.16. The number of fused-ring (bicyclic) bond motifs is 1. The van der Waals surface area contributed by atoms with Gasteiger partial charge in [0.1, 0.15) is 12.1 Å². The lowest BCUT2D eigenvalue weighted by Gasteiger charge is -2.24. The molecule has 0 spiro atoms. The van der Waals surface area contributed by atoms with Crippen LogP contribution in [0.2, 0.25) is 5.02 Å². The third-order valence-corrected chi connectivity index (χ3v) is 5.83. The van der Waals surface area contributed by atoms with Crippen LogP contribution in [0.1, 0.15) is 18.4 Å². The summed E-state index contributed by atoms with van der Waals surface area (Å²) in [5, 5.41) is 5.39. The van der Waals surface area contributed by atoms with Gasteiger partial charge in [0.25, 0.3) is 0 Å². The van der Waals surface area contributed by atoms with Gasteiger partial charge in [0.2, 0.25) is 0 Å². The normalized spacial score (nSPS) is 14.9. The first-order valence-corrected chi connectivity index (χ1v) is 10.6. The highest BCUT2D eigenvalue weighted by atomic mass is 35.5. The molecule has 2 aromatic carbocycles. The summed E-state index contributed by atoms with van der Waals surface area (Å²) in [7, 11) is 0. The minimum absolute atomic E-state index is 0.345. The number of hydrogen-bond donors (Lipinski definition) is 1. The summed E-state index contributed by atoms with van der Waals surface area (Å²) in [5.74, 6) is 0.864. The molecule has 3 heterocycles. The molecule has 1 fully saturated rings. The van der Waals surface area contributed by atoms with Crippen molar-refractivity contribution < 1.29 is 4.74 Å². The summed E-state index contributed by atoms with van der Waals surface area (Å²) < 4.78 is 7.65. The van der Waals surface area contributed by atoms with Crippen LogP contribution in [-0.2, 0) is 4.74 Å². The molecule has 1 N–H and O–H groups in total. The van der Waals surface area contributed by atoms with Crippen LogP contribution in [0.5, 0.6) is 0 Å². The quantitative estimate of drug-likeness (QED) is 0.466. The van der Waals surface area contributed by atoms with Crippen LogP contribution in [0.3, 0.4) is 0 Å². The van der Waals surface area contributed by atoms with Gasteiger partial charge in [-0.2, -0.15) is 0 Å². The Labute approximate surface area is 180 Å². The second kappa shape index (κ2) is 8.09. The molecule has 152 valence electrons. The van der Waals surface area contributed by atoms with E-state index < -0.39 is 0 Å². The predicted octanol–water partition coefficient (Wildman–Crippen LogP) is 5.64. The van der Waals surface area contributed by atoms with Gasteiger partial charge in [-0.05, 0) is 55.2 Å². The fraction of sp³-hybridized carbons (Fsp3) is 0.250. The third-order valence-electron chi connectivity index (χ3n) is 5.58. The molecule has 0 amide bonds. The number of benzene rings is 2. The van der Waals surface area contributed by atoms with E-state index in [4.69, 9.17) is 16.3 Å². The first kappa shape index (κ1) is 19.1. The highest BCUT2D eigenvalue weighted by molar-refractivity contribution is 6.30. The maximum absolute atomic E-state index is 6.14. The Hall–Kier alpha value is -2.89. The van der Waals surface area contributed by atoms with Gasteiger partial charge in [0.05, 0.1) is 5.39 Å². The summed E-state index contributed by atoms with van der Waals surface area (Å²) in [6, 6.07) is 16.7. The highest BCUT2D eigenvalue weighted by Crippen LogP contribution is 2.36. The van der Waals surface area contributed by atoms with Crippen LogP contribution in [0.4, 0.5) is 5.82 Å². The molecule has 0 bridgehead atoms. The molecule has 6 heteroatoms. The van der Waals surface area contributed by atoms with E-state index in [1.165, 1.54) is 5.56 Å². The average molecular weight is 419 g/mol. The van der Waals surface area contributed by atoms with Crippen LogP contribution in [0.15, 0.2) is 61.1 Å². The van der Waals surface area contributed by atoms with Gasteiger partial charge in [-0.3, -0.25) is 0 Å². The predicted molar refractivity (Wildman–Crippen MR) is 122 cm³/mol. The number of nitrogens with zero attached hydrogens (tertiary/aromatic N) is 3. The number of aromatic nitrogens is 3. The summed E-state index contributed by atoms with van der Waals surface area (Å²) in [5.41, 5.74) is 5.34. The third kappa shape index (κ3) is 3.66. The second-order valence-corrected chi connectivity index (χ2v) is 8.15. The Kier molecular flexibility index (Phi) is 5.15. The van der Waals surface area contributed by atoms with E-state index in [9.17, 15) is 0 Å². The number of nitrogens with one attached hydrogen (secondary N) is 1. The zero-order valence-electron chi connectivity index (χ0n) is 16.8. The molecule has 0 atom stereocenters. The van der Waals surface area contributed by atoms with Crippen LogP contribution >= 0.6 is 11.6 Å². The van der Waals surface area contributed by atoms with E-state index in [0.717, 1.165) is 64.7 Å². The van der Waals surface area contributed by atoms with Crippen LogP contribution in [0, 0.1) is 6.92 Å². The molecule has 1 aliphatic rings. The number of aryl methyl sites for hydroxylation is 1. The highest BCUT2D eigenvalue weighted by Gasteiger charge is 2.20. The van der Waals surface area contributed by atoms with Crippen molar-refractivity contribution in [1.82, 2.24) is 14.5 Å². The second-order valence-electron chi connectivity index (χ2n) is 7.71. The molecule has 0 aliphatic carbocycles. The number of hydrogen-bond acceptors (Lipinski definition) is 4. The molecule has 1 aliphatic heterocycles. The summed E-state index contributed by atoms with van der Waals surface area (Å²) in [4.78, 5) is 9.29. The van der Waals surface area contributed by atoms with E-state index in [1.54, 1.807) is 6.33 Å². The Morgan fingerprint density at radius 1 is 1.07 bits per heavy atom. The van der Waals surface area contributed by atoms with Crippen molar-refractivity contribution in [3.05, 3.63) is 71.6 Å². The van der Waals surface area contributed by atoms with E-state index in [0.29, 0.717) is 6.04 Å². The Bertz CT molecular complexity index is 1180. The van der Waals surface area contributed by atoms with Crippen LogP contribution in [0.25, 0.3) is 27.8 Å². The lowest BCUT2D eigenvalue weighted by atomic mass is 10.1. The van der Waals surface area contributed by atoms with Crippen LogP contribution in [-0.4, -0.2) is 33.8 Å². The first-order chi connectivity index (χ1) is 14.7. The Morgan fingerprint density at radius 2 is 1.87 bits per heavy atom. The monoisotopic (exact) mass is 418 g/mol. The van der Waals surface area contributed by atoms with E-state index in [1.807, 2.05) is 24.3 Å². The van der Waals surface area contributed by atoms with E-state index in [2.05, 4.69) is 57.2 Å². The smallest absolute Gasteiger partial charge is 0.150 e. The maximum atomic E-state index is 6.14. The van der Waals surface area contributed by atoms with Crippen molar-refractivity contribution >= 4 is 28.5 Å². The van der Waals surface area contributed by atoms with Crippen molar-refractivity contribution in [2.45, 2.75) is 25.8 Å². The largest absolute Gasteiger partial charge is 0.381 e. The molecule has 0 saturated carbocycles. The fourth-order valence-electron chi connectivity index (χ4n) is 4.03. The molecule has 0 radical (unpaired) electrons. The number of halogens is 1. The van der Waals surface area contributed by atoms with Gasteiger partial charge < -0.3 is 14.6 Å². The molecule has 1 saturated heterocycles. The SMILES string of the molecule is Cc1cccc(-n2cc(-c3ccc(Cl)cc3)c3c(NC4CCOCC4)ncnc32)c1. The molecule has 5 nitrogen and oxygen atoms in total. The van der Waals surface area contributed by atoms with Crippen LogP contribution < -0.4 is 5.32 Å². The molecule has 4 aromatic rings. The van der Waals surface area contributed by atoms with Crippen molar-refractivity contribution in [3.8, 4) is 16.8 Å². The van der Waals surface area contributed by atoms with Gasteiger partial charge in [-0.1, -0.05) is 35.9 Å².